The molecule has 0 amide bonds. The first-order chi connectivity index (χ1) is 13.0. The van der Waals surface area contributed by atoms with E-state index < -0.39 is 23.5 Å². The van der Waals surface area contributed by atoms with E-state index >= 15 is 0 Å². The second-order valence-corrected chi connectivity index (χ2v) is 6.69. The highest BCUT2D eigenvalue weighted by Crippen LogP contribution is 2.14. The molecule has 1 aromatic carbocycles. The Morgan fingerprint density at radius 2 is 1.30 bits per heavy atom. The van der Waals surface area contributed by atoms with Crippen LogP contribution in [-0.2, 0) is 4.74 Å². The molecule has 0 spiro atoms. The van der Waals surface area contributed by atoms with Gasteiger partial charge in [-0.2, -0.15) is 0 Å². The number of hydrogen-bond acceptors (Lipinski definition) is 4. The highest BCUT2D eigenvalue weighted by atomic mass is 16.5. The van der Waals surface area contributed by atoms with Gasteiger partial charge in [-0.25, -0.2) is 14.4 Å². The largest absolute Gasteiger partial charge is 0.478 e. The van der Waals surface area contributed by atoms with Crippen LogP contribution in [0, 0.1) is 0 Å². The fourth-order valence-electron chi connectivity index (χ4n) is 2.87. The first-order valence-electron chi connectivity index (χ1n) is 9.75. The van der Waals surface area contributed by atoms with Crippen LogP contribution in [0.2, 0.25) is 0 Å². The van der Waals surface area contributed by atoms with E-state index in [9.17, 15) is 14.4 Å². The number of rotatable bonds is 14. The normalized spacial score (nSPS) is 10.6. The van der Waals surface area contributed by atoms with Gasteiger partial charge in [0.05, 0.1) is 23.3 Å². The summed E-state index contributed by atoms with van der Waals surface area (Å²) in [5, 5.41) is 18.1. The van der Waals surface area contributed by atoms with E-state index in [2.05, 4.69) is 6.92 Å². The van der Waals surface area contributed by atoms with Crippen molar-refractivity contribution in [2.45, 2.75) is 71.1 Å². The number of carboxylic acids is 2. The van der Waals surface area contributed by atoms with Crippen LogP contribution in [0.1, 0.15) is 102 Å². The molecule has 1 rings (SSSR count). The molecule has 0 aromatic heterocycles. The SMILES string of the molecule is CCCCCCCCCCCCOC(=O)c1ccc(C(=O)O)c(C(=O)O)c1. The zero-order valence-corrected chi connectivity index (χ0v) is 16.0. The summed E-state index contributed by atoms with van der Waals surface area (Å²) in [6, 6.07) is 3.44. The van der Waals surface area contributed by atoms with E-state index in [-0.39, 0.29) is 17.7 Å². The molecule has 0 radical (unpaired) electrons. The number of aromatic carboxylic acids is 2. The van der Waals surface area contributed by atoms with Crippen molar-refractivity contribution in [3.63, 3.8) is 0 Å². The van der Waals surface area contributed by atoms with Crippen LogP contribution in [0.25, 0.3) is 0 Å². The summed E-state index contributed by atoms with van der Waals surface area (Å²) in [7, 11) is 0. The molecule has 0 unspecified atom stereocenters. The van der Waals surface area contributed by atoms with Crippen molar-refractivity contribution in [3.05, 3.63) is 34.9 Å². The molecule has 6 heteroatoms. The fraction of sp³-hybridized carbons (Fsp3) is 0.571. The first-order valence-corrected chi connectivity index (χ1v) is 9.75. The van der Waals surface area contributed by atoms with Gasteiger partial charge in [-0.1, -0.05) is 64.7 Å². The lowest BCUT2D eigenvalue weighted by molar-refractivity contribution is 0.0496. The van der Waals surface area contributed by atoms with Gasteiger partial charge < -0.3 is 14.9 Å². The van der Waals surface area contributed by atoms with Crippen molar-refractivity contribution in [1.82, 2.24) is 0 Å². The minimum absolute atomic E-state index is 0.0458. The fourth-order valence-corrected chi connectivity index (χ4v) is 2.87. The highest BCUT2D eigenvalue weighted by molar-refractivity contribution is 6.03. The molecule has 0 fully saturated rings. The Morgan fingerprint density at radius 1 is 0.778 bits per heavy atom. The smallest absolute Gasteiger partial charge is 0.338 e. The Hall–Kier alpha value is -2.37. The molecule has 0 heterocycles. The second-order valence-electron chi connectivity index (χ2n) is 6.69. The van der Waals surface area contributed by atoms with Crippen molar-refractivity contribution in [3.8, 4) is 0 Å². The van der Waals surface area contributed by atoms with Crippen LogP contribution < -0.4 is 0 Å². The number of carbonyl (C=O) groups excluding carboxylic acids is 1. The maximum atomic E-state index is 12.0. The van der Waals surface area contributed by atoms with Gasteiger partial charge in [0.15, 0.2) is 0 Å². The van der Waals surface area contributed by atoms with Gasteiger partial charge in [0, 0.05) is 0 Å². The number of carbonyl (C=O) groups is 3. The molecule has 0 saturated carbocycles. The average molecular weight is 378 g/mol. The van der Waals surface area contributed by atoms with Crippen LogP contribution in [0.4, 0.5) is 0 Å². The third-order valence-electron chi connectivity index (χ3n) is 4.45. The molecule has 6 nitrogen and oxygen atoms in total. The molecule has 27 heavy (non-hydrogen) atoms. The number of unbranched alkanes of at least 4 members (excludes halogenated alkanes) is 9. The molecule has 0 saturated heterocycles. The van der Waals surface area contributed by atoms with Crippen molar-refractivity contribution >= 4 is 17.9 Å². The average Bonchev–Trinajstić information content (AvgIpc) is 2.65. The number of benzene rings is 1. The van der Waals surface area contributed by atoms with E-state index in [0.717, 1.165) is 31.4 Å². The van der Waals surface area contributed by atoms with Gasteiger partial charge in [-0.3, -0.25) is 0 Å². The lowest BCUT2D eigenvalue weighted by Gasteiger charge is -2.07. The number of hydrogen-bond donors (Lipinski definition) is 2. The van der Waals surface area contributed by atoms with E-state index in [4.69, 9.17) is 14.9 Å². The summed E-state index contributed by atoms with van der Waals surface area (Å²) in [5.74, 6) is -3.38. The van der Waals surface area contributed by atoms with Crippen LogP contribution in [0.3, 0.4) is 0 Å². The summed E-state index contributed by atoms with van der Waals surface area (Å²) in [4.78, 5) is 34.2. The van der Waals surface area contributed by atoms with Gasteiger partial charge in [0.25, 0.3) is 0 Å². The van der Waals surface area contributed by atoms with Gasteiger partial charge >= 0.3 is 17.9 Å². The van der Waals surface area contributed by atoms with Crippen molar-refractivity contribution in [2.75, 3.05) is 6.61 Å². The zero-order valence-electron chi connectivity index (χ0n) is 16.0. The summed E-state index contributed by atoms with van der Waals surface area (Å²) in [6.45, 7) is 2.49. The topological polar surface area (TPSA) is 101 Å². The Labute approximate surface area is 160 Å². The van der Waals surface area contributed by atoms with Crippen molar-refractivity contribution < 1.29 is 29.3 Å². The molecule has 150 valence electrons. The van der Waals surface area contributed by atoms with E-state index in [0.29, 0.717) is 0 Å². The van der Waals surface area contributed by atoms with E-state index in [1.165, 1.54) is 51.0 Å². The van der Waals surface area contributed by atoms with Crippen LogP contribution in [0.5, 0.6) is 0 Å². The molecule has 0 aliphatic carbocycles. The minimum Gasteiger partial charge on any atom is -0.478 e. The second kappa shape index (κ2) is 12.9. The molecular weight excluding hydrogens is 348 g/mol. The molecular formula is C21H30O6. The predicted octanol–water partition coefficient (Wildman–Crippen LogP) is 5.16. The number of esters is 1. The monoisotopic (exact) mass is 378 g/mol. The lowest BCUT2D eigenvalue weighted by Crippen LogP contribution is -2.12. The van der Waals surface area contributed by atoms with Gasteiger partial charge in [-0.05, 0) is 24.6 Å². The summed E-state index contributed by atoms with van der Waals surface area (Å²) >= 11 is 0. The molecule has 2 N–H and O–H groups in total. The van der Waals surface area contributed by atoms with Gasteiger partial charge in [-0.15, -0.1) is 0 Å². The van der Waals surface area contributed by atoms with E-state index in [1.807, 2.05) is 0 Å². The Bertz CT molecular complexity index is 623. The maximum absolute atomic E-state index is 12.0. The lowest BCUT2D eigenvalue weighted by atomic mass is 10.0. The standard InChI is InChI=1S/C21H30O6/c1-2-3-4-5-6-7-8-9-10-11-14-27-21(26)16-12-13-17(19(22)23)18(15-16)20(24)25/h12-13,15H,2-11,14H2,1H3,(H,22,23)(H,24,25). The number of carboxylic acid groups (broad SMARTS) is 2. The van der Waals surface area contributed by atoms with E-state index in [1.54, 1.807) is 0 Å². The van der Waals surface area contributed by atoms with Crippen LogP contribution >= 0.6 is 0 Å². The zero-order chi connectivity index (χ0) is 20.1. The Kier molecular flexibility index (Phi) is 10.8. The molecule has 0 atom stereocenters. The van der Waals surface area contributed by atoms with Gasteiger partial charge in [0.2, 0.25) is 0 Å². The van der Waals surface area contributed by atoms with Crippen molar-refractivity contribution in [1.29, 1.82) is 0 Å². The van der Waals surface area contributed by atoms with Crippen molar-refractivity contribution in [2.24, 2.45) is 0 Å². The number of ether oxygens (including phenoxy) is 1. The summed E-state index contributed by atoms with van der Waals surface area (Å²) in [5.41, 5.74) is -0.728. The van der Waals surface area contributed by atoms with Crippen LogP contribution in [-0.4, -0.2) is 34.7 Å². The first kappa shape index (κ1) is 22.7. The summed E-state index contributed by atoms with van der Waals surface area (Å²) < 4.78 is 5.16. The quantitative estimate of drug-likeness (QED) is 0.342. The third-order valence-corrected chi connectivity index (χ3v) is 4.45. The summed E-state index contributed by atoms with van der Waals surface area (Å²) in [6.07, 6.45) is 11.8. The maximum Gasteiger partial charge on any atom is 0.338 e. The molecule has 0 aliphatic rings. The predicted molar refractivity (Wildman–Crippen MR) is 102 cm³/mol. The third kappa shape index (κ3) is 8.71. The minimum atomic E-state index is -1.39. The van der Waals surface area contributed by atoms with Crippen LogP contribution in [0.15, 0.2) is 18.2 Å². The molecule has 0 aliphatic heterocycles. The highest BCUT2D eigenvalue weighted by Gasteiger charge is 2.19. The Balaban J connectivity index is 2.26. The van der Waals surface area contributed by atoms with Gasteiger partial charge in [0.1, 0.15) is 0 Å². The Morgan fingerprint density at radius 3 is 1.81 bits per heavy atom. The molecule has 1 aromatic rings. The molecule has 0 bridgehead atoms.